The number of carbonyl (C=O) groups is 1. The number of guanidine groups is 1. The van der Waals surface area contributed by atoms with Crippen LogP contribution < -0.4 is 10.6 Å². The van der Waals surface area contributed by atoms with Gasteiger partial charge >= 0.3 is 0 Å². The van der Waals surface area contributed by atoms with E-state index in [1.54, 1.807) is 0 Å². The van der Waals surface area contributed by atoms with E-state index in [9.17, 15) is 4.79 Å². The van der Waals surface area contributed by atoms with Gasteiger partial charge in [0.05, 0.1) is 0 Å². The quantitative estimate of drug-likeness (QED) is 0.334. The number of piperidine rings is 1. The van der Waals surface area contributed by atoms with Crippen molar-refractivity contribution in [3.63, 3.8) is 0 Å². The summed E-state index contributed by atoms with van der Waals surface area (Å²) in [6, 6.07) is 0.319. The third-order valence-electron chi connectivity index (χ3n) is 5.28. The van der Waals surface area contributed by atoms with Crippen LogP contribution in [-0.2, 0) is 4.79 Å². The minimum Gasteiger partial charge on any atom is -0.357 e. The summed E-state index contributed by atoms with van der Waals surface area (Å²) in [5, 5.41) is 6.89. The van der Waals surface area contributed by atoms with E-state index in [-0.39, 0.29) is 29.9 Å². The van der Waals surface area contributed by atoms with Gasteiger partial charge in [0.25, 0.3) is 0 Å². The molecule has 0 aromatic heterocycles. The summed E-state index contributed by atoms with van der Waals surface area (Å²) in [7, 11) is 0. The van der Waals surface area contributed by atoms with Crippen molar-refractivity contribution in [1.82, 2.24) is 20.4 Å². The predicted octanol–water partition coefficient (Wildman–Crippen LogP) is 2.29. The molecular formula is C19H38IN5O. The third-order valence-corrected chi connectivity index (χ3v) is 5.28. The maximum absolute atomic E-state index is 11.8. The topological polar surface area (TPSA) is 60.0 Å². The maximum Gasteiger partial charge on any atom is 0.222 e. The zero-order valence-electron chi connectivity index (χ0n) is 16.8. The van der Waals surface area contributed by atoms with Crippen LogP contribution in [0.5, 0.6) is 0 Å². The summed E-state index contributed by atoms with van der Waals surface area (Å²) in [5.41, 5.74) is 0. The van der Waals surface area contributed by atoms with Gasteiger partial charge in [0.1, 0.15) is 0 Å². The second kappa shape index (κ2) is 12.8. The molecule has 2 N–H and O–H groups in total. The van der Waals surface area contributed by atoms with Gasteiger partial charge in [-0.1, -0.05) is 13.8 Å². The van der Waals surface area contributed by atoms with Crippen LogP contribution >= 0.6 is 24.0 Å². The molecule has 2 aliphatic rings. The van der Waals surface area contributed by atoms with Crippen LogP contribution in [0.3, 0.4) is 0 Å². The minimum absolute atomic E-state index is 0. The lowest BCUT2D eigenvalue weighted by Crippen LogP contribution is -2.45. The van der Waals surface area contributed by atoms with Crippen molar-refractivity contribution in [1.29, 1.82) is 0 Å². The Kier molecular flexibility index (Phi) is 11.5. The van der Waals surface area contributed by atoms with Gasteiger partial charge in [-0.15, -0.1) is 24.0 Å². The molecule has 0 radical (unpaired) electrons. The molecule has 0 aromatic rings. The summed E-state index contributed by atoms with van der Waals surface area (Å²) in [4.78, 5) is 21.2. The van der Waals surface area contributed by atoms with Gasteiger partial charge in [-0.25, -0.2) is 0 Å². The highest BCUT2D eigenvalue weighted by Gasteiger charge is 2.26. The average molecular weight is 479 g/mol. The number of rotatable bonds is 7. The van der Waals surface area contributed by atoms with E-state index in [1.165, 1.54) is 38.9 Å². The summed E-state index contributed by atoms with van der Waals surface area (Å²) in [6.07, 6.45) is 5.36. The van der Waals surface area contributed by atoms with Gasteiger partial charge in [-0.05, 0) is 58.2 Å². The van der Waals surface area contributed by atoms with Gasteiger partial charge in [-0.2, -0.15) is 0 Å². The Balaban J connectivity index is 0.00000338. The molecule has 152 valence electrons. The smallest absolute Gasteiger partial charge is 0.222 e. The van der Waals surface area contributed by atoms with Crippen LogP contribution in [0, 0.1) is 5.92 Å². The van der Waals surface area contributed by atoms with E-state index in [4.69, 9.17) is 4.99 Å². The lowest BCUT2D eigenvalue weighted by molar-refractivity contribution is -0.129. The largest absolute Gasteiger partial charge is 0.357 e. The van der Waals surface area contributed by atoms with Crippen LogP contribution in [0.25, 0.3) is 0 Å². The van der Waals surface area contributed by atoms with Crippen LogP contribution in [0.2, 0.25) is 0 Å². The van der Waals surface area contributed by atoms with Gasteiger partial charge in [0.15, 0.2) is 5.96 Å². The number of nitrogens with one attached hydrogen (secondary N) is 2. The van der Waals surface area contributed by atoms with Crippen molar-refractivity contribution in [2.45, 2.75) is 58.9 Å². The fourth-order valence-corrected chi connectivity index (χ4v) is 3.77. The highest BCUT2D eigenvalue weighted by molar-refractivity contribution is 14.0. The molecule has 0 saturated carbocycles. The molecule has 1 amide bonds. The Morgan fingerprint density at radius 1 is 1.12 bits per heavy atom. The molecule has 0 aromatic carbocycles. The van der Waals surface area contributed by atoms with E-state index in [0.29, 0.717) is 18.4 Å². The Morgan fingerprint density at radius 2 is 1.85 bits per heavy atom. The number of likely N-dealkylation sites (tertiary alicyclic amines) is 2. The Hall–Kier alpha value is -0.570. The summed E-state index contributed by atoms with van der Waals surface area (Å²) >= 11 is 0. The Labute approximate surface area is 176 Å². The number of nitrogens with zero attached hydrogens (tertiary/aromatic N) is 3. The van der Waals surface area contributed by atoms with Gasteiger partial charge in [0, 0.05) is 38.6 Å². The van der Waals surface area contributed by atoms with Crippen molar-refractivity contribution in [2.75, 3.05) is 45.8 Å². The number of carbonyl (C=O) groups excluding carboxylic acids is 1. The molecule has 2 rings (SSSR count). The number of amides is 1. The monoisotopic (exact) mass is 479 g/mol. The zero-order valence-corrected chi connectivity index (χ0v) is 19.1. The fourth-order valence-electron chi connectivity index (χ4n) is 3.77. The summed E-state index contributed by atoms with van der Waals surface area (Å²) < 4.78 is 0. The molecule has 2 saturated heterocycles. The average Bonchev–Trinajstić information content (AvgIpc) is 3.09. The van der Waals surface area contributed by atoms with Crippen molar-refractivity contribution >= 4 is 35.8 Å². The molecule has 0 aliphatic carbocycles. The van der Waals surface area contributed by atoms with E-state index in [0.717, 1.165) is 38.6 Å². The third kappa shape index (κ3) is 7.58. The van der Waals surface area contributed by atoms with E-state index in [2.05, 4.69) is 29.4 Å². The molecule has 1 atom stereocenters. The predicted molar refractivity (Wildman–Crippen MR) is 119 cm³/mol. The lowest BCUT2D eigenvalue weighted by atomic mass is 9.97. The first kappa shape index (κ1) is 23.5. The van der Waals surface area contributed by atoms with Crippen LogP contribution in [0.4, 0.5) is 0 Å². The molecule has 6 nitrogen and oxygen atoms in total. The van der Waals surface area contributed by atoms with Gasteiger partial charge in [0.2, 0.25) is 5.91 Å². The van der Waals surface area contributed by atoms with E-state index < -0.39 is 0 Å². The van der Waals surface area contributed by atoms with Crippen molar-refractivity contribution < 1.29 is 4.79 Å². The highest BCUT2D eigenvalue weighted by Crippen LogP contribution is 2.17. The molecule has 2 fully saturated rings. The van der Waals surface area contributed by atoms with Crippen LogP contribution in [-0.4, -0.2) is 73.5 Å². The van der Waals surface area contributed by atoms with Gasteiger partial charge < -0.3 is 20.4 Å². The number of hydrogen-bond donors (Lipinski definition) is 2. The minimum atomic E-state index is 0. The molecule has 2 aliphatic heterocycles. The first-order chi connectivity index (χ1) is 12.2. The second-order valence-electron chi connectivity index (χ2n) is 7.33. The number of aliphatic imine (C=N–C) groups is 1. The lowest BCUT2D eigenvalue weighted by Gasteiger charge is -2.31. The van der Waals surface area contributed by atoms with E-state index >= 15 is 0 Å². The van der Waals surface area contributed by atoms with Crippen LogP contribution in [0.1, 0.15) is 52.9 Å². The molecule has 26 heavy (non-hydrogen) atoms. The highest BCUT2D eigenvalue weighted by atomic mass is 127. The van der Waals surface area contributed by atoms with Crippen molar-refractivity contribution in [2.24, 2.45) is 10.9 Å². The summed E-state index contributed by atoms with van der Waals surface area (Å²) in [6.45, 7) is 13.4. The van der Waals surface area contributed by atoms with Crippen molar-refractivity contribution in [3.05, 3.63) is 0 Å². The first-order valence-corrected chi connectivity index (χ1v) is 10.2. The molecular weight excluding hydrogens is 441 g/mol. The number of halogens is 1. The SMILES string of the molecule is CCCN1CCC(CN=C(NCC)NC2CCN(C(=O)CC)C2)CC1.I. The Morgan fingerprint density at radius 3 is 2.46 bits per heavy atom. The standard InChI is InChI=1S/C19H37N5O.HI/c1-4-10-23-11-7-16(8-12-23)14-21-19(20-6-3)22-17-9-13-24(15-17)18(25)5-2;/h16-17H,4-15H2,1-3H3,(H2,20,21,22);1H. The normalized spacial score (nSPS) is 22.2. The Bertz CT molecular complexity index is 438. The van der Waals surface area contributed by atoms with Crippen molar-refractivity contribution in [3.8, 4) is 0 Å². The molecule has 0 bridgehead atoms. The molecule has 0 spiro atoms. The first-order valence-electron chi connectivity index (χ1n) is 10.2. The van der Waals surface area contributed by atoms with Crippen LogP contribution in [0.15, 0.2) is 4.99 Å². The number of hydrogen-bond acceptors (Lipinski definition) is 3. The molecule has 7 heteroatoms. The maximum atomic E-state index is 11.8. The molecule has 1 unspecified atom stereocenters. The molecule has 2 heterocycles. The second-order valence-corrected chi connectivity index (χ2v) is 7.33. The zero-order chi connectivity index (χ0) is 18.1. The summed E-state index contributed by atoms with van der Waals surface area (Å²) in [5.74, 6) is 1.87. The van der Waals surface area contributed by atoms with Gasteiger partial charge in [-0.3, -0.25) is 9.79 Å². The fraction of sp³-hybridized carbons (Fsp3) is 0.895. The van der Waals surface area contributed by atoms with E-state index in [1.807, 2.05) is 11.8 Å².